The van der Waals surface area contributed by atoms with E-state index in [9.17, 15) is 18.0 Å². The van der Waals surface area contributed by atoms with Crippen LogP contribution in [0.4, 0.5) is 5.69 Å². The number of halogens is 2. The van der Waals surface area contributed by atoms with Crippen LogP contribution in [-0.2, 0) is 26.2 Å². The molecule has 3 aromatic carbocycles. The molecule has 3 rings (SSSR count). The first kappa shape index (κ1) is 30.3. The number of benzene rings is 3. The van der Waals surface area contributed by atoms with Gasteiger partial charge in [0.05, 0.1) is 22.7 Å². The quantitative estimate of drug-likeness (QED) is 0.333. The topological polar surface area (TPSA) is 96.0 Å². The normalized spacial score (nSPS) is 12.1. The zero-order valence-electron chi connectivity index (χ0n) is 22.1. The molecule has 208 valence electrons. The van der Waals surface area contributed by atoms with Crippen LogP contribution in [0.15, 0.2) is 77.7 Å². The molecule has 1 N–H and O–H groups in total. The molecule has 0 aliphatic carbocycles. The fourth-order valence-electron chi connectivity index (χ4n) is 3.83. The predicted octanol–water partition coefficient (Wildman–Crippen LogP) is 5.14. The van der Waals surface area contributed by atoms with Crippen LogP contribution < -0.4 is 14.4 Å². The molecule has 0 heterocycles. The Morgan fingerprint density at radius 1 is 0.949 bits per heavy atom. The van der Waals surface area contributed by atoms with Crippen LogP contribution in [0.5, 0.6) is 5.75 Å². The number of rotatable bonds is 11. The lowest BCUT2D eigenvalue weighted by Crippen LogP contribution is -2.52. The summed E-state index contributed by atoms with van der Waals surface area (Å²) in [6, 6.07) is 18.1. The monoisotopic (exact) mass is 591 g/mol. The van der Waals surface area contributed by atoms with Gasteiger partial charge in [-0.2, -0.15) is 0 Å². The molecule has 39 heavy (non-hydrogen) atoms. The SMILES string of the molecule is COc1ccc(CN(C(=O)CN(c2ccc(Cl)cc2Cl)S(=O)(=O)c2ccccc2)[C@H](C)C(=O)NC(C)C)cc1. The lowest BCUT2D eigenvalue weighted by molar-refractivity contribution is -0.139. The predicted molar refractivity (Wildman–Crippen MR) is 154 cm³/mol. The van der Waals surface area contributed by atoms with Gasteiger partial charge in [-0.05, 0) is 68.8 Å². The maximum absolute atomic E-state index is 13.9. The minimum Gasteiger partial charge on any atom is -0.497 e. The second-order valence-electron chi connectivity index (χ2n) is 9.13. The third-order valence-electron chi connectivity index (χ3n) is 5.90. The van der Waals surface area contributed by atoms with Crippen molar-refractivity contribution in [2.24, 2.45) is 0 Å². The average molecular weight is 593 g/mol. The van der Waals surface area contributed by atoms with Crippen molar-refractivity contribution in [3.8, 4) is 5.75 Å². The molecule has 0 radical (unpaired) electrons. The van der Waals surface area contributed by atoms with Gasteiger partial charge in [0.2, 0.25) is 11.8 Å². The number of nitrogens with one attached hydrogen (secondary N) is 1. The number of hydrogen-bond acceptors (Lipinski definition) is 5. The Hall–Kier alpha value is -3.27. The highest BCUT2D eigenvalue weighted by atomic mass is 35.5. The molecule has 0 bridgehead atoms. The van der Waals surface area contributed by atoms with E-state index >= 15 is 0 Å². The van der Waals surface area contributed by atoms with Crippen LogP contribution >= 0.6 is 23.2 Å². The van der Waals surface area contributed by atoms with E-state index in [1.54, 1.807) is 56.5 Å². The van der Waals surface area contributed by atoms with E-state index in [1.807, 2.05) is 13.8 Å². The van der Waals surface area contributed by atoms with Gasteiger partial charge in [-0.1, -0.05) is 53.5 Å². The summed E-state index contributed by atoms with van der Waals surface area (Å²) in [6.07, 6.45) is 0. The van der Waals surface area contributed by atoms with Crippen LogP contribution in [0.1, 0.15) is 26.3 Å². The molecule has 2 amide bonds. The smallest absolute Gasteiger partial charge is 0.264 e. The fourth-order valence-corrected chi connectivity index (χ4v) is 5.85. The van der Waals surface area contributed by atoms with Crippen LogP contribution in [-0.4, -0.2) is 50.9 Å². The van der Waals surface area contributed by atoms with Gasteiger partial charge in [0.25, 0.3) is 10.0 Å². The number of carbonyl (C=O) groups is 2. The molecule has 0 fully saturated rings. The Kier molecular flexibility index (Phi) is 10.2. The van der Waals surface area contributed by atoms with Gasteiger partial charge >= 0.3 is 0 Å². The van der Waals surface area contributed by atoms with E-state index < -0.39 is 28.5 Å². The van der Waals surface area contributed by atoms with Gasteiger partial charge in [-0.25, -0.2) is 8.42 Å². The number of nitrogens with zero attached hydrogens (tertiary/aromatic N) is 2. The number of sulfonamides is 1. The number of amides is 2. The van der Waals surface area contributed by atoms with Crippen molar-refractivity contribution in [2.75, 3.05) is 18.0 Å². The third kappa shape index (κ3) is 7.65. The van der Waals surface area contributed by atoms with Crippen LogP contribution in [0.2, 0.25) is 10.0 Å². The number of hydrogen-bond donors (Lipinski definition) is 1. The largest absolute Gasteiger partial charge is 0.497 e. The highest BCUT2D eigenvalue weighted by Crippen LogP contribution is 2.33. The number of methoxy groups -OCH3 is 1. The first-order valence-electron chi connectivity index (χ1n) is 12.2. The summed E-state index contributed by atoms with van der Waals surface area (Å²) in [5.41, 5.74) is 0.817. The first-order valence-corrected chi connectivity index (χ1v) is 14.4. The molecule has 8 nitrogen and oxygen atoms in total. The summed E-state index contributed by atoms with van der Waals surface area (Å²) in [5.74, 6) is -0.323. The van der Waals surface area contributed by atoms with Crippen molar-refractivity contribution >= 4 is 50.7 Å². The van der Waals surface area contributed by atoms with Crippen molar-refractivity contribution in [1.29, 1.82) is 0 Å². The summed E-state index contributed by atoms with van der Waals surface area (Å²) in [6.45, 7) is 4.69. The molecule has 0 aliphatic rings. The molecule has 0 spiro atoms. The van der Waals surface area contributed by atoms with Gasteiger partial charge < -0.3 is 15.0 Å². The second kappa shape index (κ2) is 13.2. The van der Waals surface area contributed by atoms with Crippen LogP contribution in [0.25, 0.3) is 0 Å². The van der Waals surface area contributed by atoms with Gasteiger partial charge in [-0.3, -0.25) is 13.9 Å². The molecule has 3 aromatic rings. The Labute approximate surface area is 239 Å². The van der Waals surface area contributed by atoms with Crippen molar-refractivity contribution in [2.45, 2.75) is 44.3 Å². The molecule has 1 atom stereocenters. The Balaban J connectivity index is 2.04. The summed E-state index contributed by atoms with van der Waals surface area (Å²) in [5, 5.41) is 3.19. The molecule has 0 aliphatic heterocycles. The van der Waals surface area contributed by atoms with Crippen LogP contribution in [0, 0.1) is 0 Å². The highest BCUT2D eigenvalue weighted by molar-refractivity contribution is 7.92. The number of ether oxygens (including phenoxy) is 1. The summed E-state index contributed by atoms with van der Waals surface area (Å²) in [7, 11) is -2.68. The maximum atomic E-state index is 13.9. The van der Waals surface area contributed by atoms with E-state index in [0.717, 1.165) is 9.87 Å². The Bertz CT molecular complexity index is 1400. The molecular formula is C28H31Cl2N3O5S. The number of anilines is 1. The lowest BCUT2D eigenvalue weighted by Gasteiger charge is -2.32. The summed E-state index contributed by atoms with van der Waals surface area (Å²) >= 11 is 12.5. The highest BCUT2D eigenvalue weighted by Gasteiger charge is 2.33. The van der Waals surface area contributed by atoms with E-state index in [2.05, 4.69) is 5.32 Å². The van der Waals surface area contributed by atoms with E-state index in [0.29, 0.717) is 10.8 Å². The molecule has 11 heteroatoms. The fraction of sp³-hybridized carbons (Fsp3) is 0.286. The van der Waals surface area contributed by atoms with Gasteiger partial charge in [0.1, 0.15) is 18.3 Å². The summed E-state index contributed by atoms with van der Waals surface area (Å²) in [4.78, 5) is 28.2. The number of carbonyl (C=O) groups excluding carboxylic acids is 2. The zero-order chi connectivity index (χ0) is 28.7. The van der Waals surface area contributed by atoms with Crippen LogP contribution in [0.3, 0.4) is 0 Å². The summed E-state index contributed by atoms with van der Waals surface area (Å²) < 4.78 is 33.7. The minimum atomic E-state index is -4.22. The van der Waals surface area contributed by atoms with E-state index in [-0.39, 0.29) is 34.1 Å². The molecule has 0 saturated heterocycles. The van der Waals surface area contributed by atoms with Crippen molar-refractivity contribution in [1.82, 2.24) is 10.2 Å². The average Bonchev–Trinajstić information content (AvgIpc) is 2.90. The molecule has 0 aromatic heterocycles. The molecule has 0 saturated carbocycles. The second-order valence-corrected chi connectivity index (χ2v) is 11.8. The third-order valence-corrected chi connectivity index (χ3v) is 8.21. The first-order chi connectivity index (χ1) is 18.4. The Morgan fingerprint density at radius 2 is 1.59 bits per heavy atom. The van der Waals surface area contributed by atoms with E-state index in [1.165, 1.54) is 35.2 Å². The van der Waals surface area contributed by atoms with Gasteiger partial charge in [0, 0.05) is 17.6 Å². The minimum absolute atomic E-state index is 0.0175. The van der Waals surface area contributed by atoms with Gasteiger partial charge in [-0.15, -0.1) is 0 Å². The van der Waals surface area contributed by atoms with Gasteiger partial charge in [0.15, 0.2) is 0 Å². The van der Waals surface area contributed by atoms with E-state index in [4.69, 9.17) is 27.9 Å². The maximum Gasteiger partial charge on any atom is 0.264 e. The standard InChI is InChI=1S/C28H31Cl2N3O5S/c1-19(2)31-28(35)20(3)32(17-21-10-13-23(38-4)14-11-21)27(34)18-33(26-15-12-22(29)16-25(26)30)39(36,37)24-8-6-5-7-9-24/h5-16,19-20H,17-18H2,1-4H3,(H,31,35)/t20-/m1/s1. The molecule has 0 unspecified atom stereocenters. The zero-order valence-corrected chi connectivity index (χ0v) is 24.4. The van der Waals surface area contributed by atoms with Crippen molar-refractivity contribution < 1.29 is 22.7 Å². The lowest BCUT2D eigenvalue weighted by atomic mass is 10.1. The molecular weight excluding hydrogens is 561 g/mol. The van der Waals surface area contributed by atoms with Crippen molar-refractivity contribution in [3.63, 3.8) is 0 Å². The Morgan fingerprint density at radius 3 is 2.15 bits per heavy atom. The van der Waals surface area contributed by atoms with Crippen molar-refractivity contribution in [3.05, 3.63) is 88.4 Å².